The molecule has 7 heteroatoms. The minimum Gasteiger partial charge on any atom is -0.340 e. The molecular weight excluding hydrogens is 308 g/mol. The Morgan fingerprint density at radius 3 is 2.18 bits per heavy atom. The summed E-state index contributed by atoms with van der Waals surface area (Å²) in [6.45, 7) is 5.80. The summed E-state index contributed by atoms with van der Waals surface area (Å²) in [7, 11) is -3.18. The second kappa shape index (κ2) is 6.15. The van der Waals surface area contributed by atoms with Gasteiger partial charge in [0.25, 0.3) is 0 Å². The summed E-state index contributed by atoms with van der Waals surface area (Å²) in [6.07, 6.45) is 0.533. The first kappa shape index (κ1) is 14.9. The van der Waals surface area contributed by atoms with Crippen LogP contribution >= 0.6 is 15.9 Å². The number of hydrogen-bond acceptors (Lipinski definition) is 3. The number of alkyl halides is 1. The smallest absolute Gasteiger partial charge is 0.224 e. The molecular formula is C10H19BrN2O3S. The maximum Gasteiger partial charge on any atom is 0.224 e. The van der Waals surface area contributed by atoms with Gasteiger partial charge in [-0.15, -0.1) is 0 Å². The van der Waals surface area contributed by atoms with Crippen molar-refractivity contribution < 1.29 is 13.2 Å². The highest BCUT2D eigenvalue weighted by Gasteiger charge is 2.27. The minimum atomic E-state index is -3.18. The van der Waals surface area contributed by atoms with E-state index in [1.54, 1.807) is 4.90 Å². The van der Waals surface area contributed by atoms with Gasteiger partial charge in [0.15, 0.2) is 0 Å². The van der Waals surface area contributed by atoms with Crippen molar-refractivity contribution >= 4 is 31.9 Å². The average molecular weight is 327 g/mol. The number of rotatable bonds is 4. The largest absolute Gasteiger partial charge is 0.340 e. The van der Waals surface area contributed by atoms with Crippen molar-refractivity contribution in [2.75, 3.05) is 30.8 Å². The lowest BCUT2D eigenvalue weighted by molar-refractivity contribution is -0.133. The number of hydrogen-bond donors (Lipinski definition) is 0. The Morgan fingerprint density at radius 2 is 1.76 bits per heavy atom. The van der Waals surface area contributed by atoms with Crippen molar-refractivity contribution in [1.29, 1.82) is 0 Å². The Kier molecular flexibility index (Phi) is 5.40. The maximum atomic E-state index is 11.8. The van der Waals surface area contributed by atoms with E-state index in [1.165, 1.54) is 4.31 Å². The topological polar surface area (TPSA) is 57.7 Å². The SMILES string of the molecule is CC(C)CC(=O)N1CCN(S(=O)(=O)CBr)CC1. The highest BCUT2D eigenvalue weighted by atomic mass is 79.9. The fourth-order valence-corrected chi connectivity index (χ4v) is 3.49. The first-order valence-corrected chi connectivity index (χ1v) is 8.41. The van der Waals surface area contributed by atoms with Crippen LogP contribution in [0.3, 0.4) is 0 Å². The number of carbonyl (C=O) groups is 1. The first-order valence-electron chi connectivity index (χ1n) is 5.68. The van der Waals surface area contributed by atoms with E-state index in [4.69, 9.17) is 0 Å². The van der Waals surface area contributed by atoms with Gasteiger partial charge in [-0.3, -0.25) is 4.79 Å². The molecule has 100 valence electrons. The van der Waals surface area contributed by atoms with Crippen molar-refractivity contribution in [3.8, 4) is 0 Å². The summed E-state index contributed by atoms with van der Waals surface area (Å²) >= 11 is 2.97. The summed E-state index contributed by atoms with van der Waals surface area (Å²) in [5, 5.41) is 0. The van der Waals surface area contributed by atoms with Crippen molar-refractivity contribution in [1.82, 2.24) is 9.21 Å². The molecule has 1 aliphatic heterocycles. The van der Waals surface area contributed by atoms with Gasteiger partial charge < -0.3 is 4.90 Å². The van der Waals surface area contributed by atoms with Crippen molar-refractivity contribution in [3.05, 3.63) is 0 Å². The molecule has 0 aromatic rings. The van der Waals surface area contributed by atoms with Crippen LogP contribution in [-0.2, 0) is 14.8 Å². The first-order chi connectivity index (χ1) is 7.86. The molecule has 0 atom stereocenters. The molecule has 0 radical (unpaired) electrons. The molecule has 5 nitrogen and oxygen atoms in total. The van der Waals surface area contributed by atoms with E-state index >= 15 is 0 Å². The zero-order valence-corrected chi connectivity index (χ0v) is 12.6. The van der Waals surface area contributed by atoms with E-state index < -0.39 is 10.0 Å². The van der Waals surface area contributed by atoms with Gasteiger partial charge in [-0.05, 0) is 5.92 Å². The Balaban J connectivity index is 2.49. The fraction of sp³-hybridized carbons (Fsp3) is 0.900. The highest BCUT2D eigenvalue weighted by Crippen LogP contribution is 2.12. The van der Waals surface area contributed by atoms with E-state index in [2.05, 4.69) is 15.9 Å². The number of nitrogens with zero attached hydrogens (tertiary/aromatic N) is 2. The molecule has 17 heavy (non-hydrogen) atoms. The van der Waals surface area contributed by atoms with E-state index in [9.17, 15) is 13.2 Å². The van der Waals surface area contributed by atoms with Crippen LogP contribution in [-0.4, -0.2) is 54.4 Å². The number of amides is 1. The van der Waals surface area contributed by atoms with Crippen LogP contribution < -0.4 is 0 Å². The number of halogens is 1. The normalized spacial score (nSPS) is 18.7. The molecule has 1 aliphatic rings. The third-order valence-electron chi connectivity index (χ3n) is 2.71. The molecule has 0 aromatic carbocycles. The van der Waals surface area contributed by atoms with Crippen molar-refractivity contribution in [3.63, 3.8) is 0 Å². The Hall–Kier alpha value is -0.140. The van der Waals surface area contributed by atoms with Gasteiger partial charge in [0.05, 0.1) is 0 Å². The van der Waals surface area contributed by atoms with Crippen LogP contribution in [0.4, 0.5) is 0 Å². The molecule has 1 fully saturated rings. The molecule has 1 heterocycles. The zero-order valence-electron chi connectivity index (χ0n) is 10.2. The van der Waals surface area contributed by atoms with Crippen LogP contribution in [0.5, 0.6) is 0 Å². The van der Waals surface area contributed by atoms with Gasteiger partial charge in [-0.2, -0.15) is 4.31 Å². The maximum absolute atomic E-state index is 11.8. The summed E-state index contributed by atoms with van der Waals surface area (Å²) in [5.74, 6) is 0.461. The third-order valence-corrected chi connectivity index (χ3v) is 5.87. The lowest BCUT2D eigenvalue weighted by Gasteiger charge is -2.34. The van der Waals surface area contributed by atoms with E-state index in [1.807, 2.05) is 13.8 Å². The second-order valence-electron chi connectivity index (χ2n) is 4.60. The molecule has 0 N–H and O–H groups in total. The van der Waals surface area contributed by atoms with Gasteiger partial charge in [0.1, 0.15) is 4.66 Å². The van der Waals surface area contributed by atoms with Gasteiger partial charge in [-0.25, -0.2) is 8.42 Å². The van der Waals surface area contributed by atoms with Crippen LogP contribution in [0.25, 0.3) is 0 Å². The summed E-state index contributed by atoms with van der Waals surface area (Å²) < 4.78 is 24.5. The predicted molar refractivity (Wildman–Crippen MR) is 70.3 cm³/mol. The highest BCUT2D eigenvalue weighted by molar-refractivity contribution is 9.10. The van der Waals surface area contributed by atoms with E-state index in [0.717, 1.165) is 0 Å². The summed E-state index contributed by atoms with van der Waals surface area (Å²) in [5.41, 5.74) is 0. The van der Waals surface area contributed by atoms with E-state index in [0.29, 0.717) is 38.5 Å². The monoisotopic (exact) mass is 326 g/mol. The predicted octanol–water partition coefficient (Wildman–Crippen LogP) is 0.859. The molecule has 1 rings (SSSR count). The van der Waals surface area contributed by atoms with Gasteiger partial charge >= 0.3 is 0 Å². The lowest BCUT2D eigenvalue weighted by atomic mass is 10.1. The molecule has 0 spiro atoms. The third kappa shape index (κ3) is 4.22. The van der Waals surface area contributed by atoms with Crippen LogP contribution in [0, 0.1) is 5.92 Å². The van der Waals surface area contributed by atoms with Gasteiger partial charge in [-0.1, -0.05) is 29.8 Å². The molecule has 0 unspecified atom stereocenters. The van der Waals surface area contributed by atoms with Crippen LogP contribution in [0.2, 0.25) is 0 Å². The standard InChI is InChI=1S/C10H19BrN2O3S/c1-9(2)7-10(14)12-3-5-13(6-4-12)17(15,16)8-11/h9H,3-8H2,1-2H3. The molecule has 0 saturated carbocycles. The number of carbonyl (C=O) groups excluding carboxylic acids is 1. The molecule has 1 saturated heterocycles. The zero-order chi connectivity index (χ0) is 13.1. The van der Waals surface area contributed by atoms with E-state index in [-0.39, 0.29) is 10.6 Å². The molecule has 0 aromatic heterocycles. The minimum absolute atomic E-state index is 0.0556. The molecule has 1 amide bonds. The summed E-state index contributed by atoms with van der Waals surface area (Å²) in [6, 6.07) is 0. The Bertz CT molecular complexity index is 362. The second-order valence-corrected chi connectivity index (χ2v) is 7.87. The quantitative estimate of drug-likeness (QED) is 0.720. The summed E-state index contributed by atoms with van der Waals surface area (Å²) in [4.78, 5) is 13.5. The van der Waals surface area contributed by atoms with Gasteiger partial charge in [0, 0.05) is 32.6 Å². The van der Waals surface area contributed by atoms with Crippen LogP contribution in [0.15, 0.2) is 0 Å². The lowest BCUT2D eigenvalue weighted by Crippen LogP contribution is -2.50. The number of piperazine rings is 1. The van der Waals surface area contributed by atoms with Crippen molar-refractivity contribution in [2.24, 2.45) is 5.92 Å². The fourth-order valence-electron chi connectivity index (χ4n) is 1.76. The number of sulfonamides is 1. The molecule has 0 aliphatic carbocycles. The van der Waals surface area contributed by atoms with Crippen molar-refractivity contribution in [2.45, 2.75) is 20.3 Å². The molecule has 0 bridgehead atoms. The van der Waals surface area contributed by atoms with Gasteiger partial charge in [0.2, 0.25) is 15.9 Å². The van der Waals surface area contributed by atoms with Crippen LogP contribution in [0.1, 0.15) is 20.3 Å². The Morgan fingerprint density at radius 1 is 1.24 bits per heavy atom. The Labute approximate surface area is 111 Å². The average Bonchev–Trinajstić information content (AvgIpc) is 2.28.